The van der Waals surface area contributed by atoms with Crippen molar-refractivity contribution >= 4 is 34.4 Å². The molecule has 1 aliphatic heterocycles. The van der Waals surface area contributed by atoms with E-state index in [4.69, 9.17) is 4.74 Å². The maximum atomic E-state index is 9.76. The third-order valence-electron chi connectivity index (χ3n) is 6.73. The van der Waals surface area contributed by atoms with Gasteiger partial charge in [0.05, 0.1) is 18.4 Å². The third-order valence-corrected chi connectivity index (χ3v) is 6.73. The fourth-order valence-electron chi connectivity index (χ4n) is 4.67. The number of H-pyrrole nitrogens is 1. The number of anilines is 2. The van der Waals surface area contributed by atoms with Crippen molar-refractivity contribution in [3.63, 3.8) is 0 Å². The van der Waals surface area contributed by atoms with Crippen LogP contribution in [-0.2, 0) is 6.54 Å². The maximum absolute atomic E-state index is 9.76. The Kier molecular flexibility index (Phi) is 6.99. The lowest BCUT2D eigenvalue weighted by molar-refractivity contribution is 0.230. The summed E-state index contributed by atoms with van der Waals surface area (Å²) >= 11 is 0. The van der Waals surface area contributed by atoms with Crippen molar-refractivity contribution in [1.82, 2.24) is 20.2 Å². The summed E-state index contributed by atoms with van der Waals surface area (Å²) in [6.45, 7) is 7.08. The molecule has 1 aliphatic rings. The summed E-state index contributed by atoms with van der Waals surface area (Å²) in [6, 6.07) is 14.7. The first-order chi connectivity index (χ1) is 17.7. The molecule has 1 saturated heterocycles. The van der Waals surface area contributed by atoms with Crippen LogP contribution < -0.4 is 15.4 Å². The quantitative estimate of drug-likeness (QED) is 0.344. The van der Waals surface area contributed by atoms with Gasteiger partial charge in [-0.3, -0.25) is 9.88 Å². The van der Waals surface area contributed by atoms with E-state index in [2.05, 4.69) is 62.8 Å². The second-order valence-corrected chi connectivity index (χ2v) is 9.00. The van der Waals surface area contributed by atoms with E-state index in [9.17, 15) is 5.26 Å². The predicted octanol–water partition coefficient (Wildman–Crippen LogP) is 5.07. The van der Waals surface area contributed by atoms with Gasteiger partial charge in [0.15, 0.2) is 0 Å². The van der Waals surface area contributed by atoms with Crippen LogP contribution in [0.1, 0.15) is 27.8 Å². The molecule has 7 heteroatoms. The van der Waals surface area contributed by atoms with Crippen molar-refractivity contribution in [1.29, 1.82) is 5.26 Å². The topological polar surface area (TPSA) is 89.0 Å². The van der Waals surface area contributed by atoms with Crippen molar-refractivity contribution in [2.75, 3.05) is 38.6 Å². The number of nitriles is 1. The average molecular weight is 479 g/mol. The molecule has 5 rings (SSSR count). The number of piperazine rings is 1. The Hall–Kier alpha value is -4.12. The molecule has 7 nitrogen and oxygen atoms in total. The predicted molar refractivity (Wildman–Crippen MR) is 145 cm³/mol. The Morgan fingerprint density at radius 2 is 2.00 bits per heavy atom. The smallest absolute Gasteiger partial charge is 0.123 e. The fourth-order valence-corrected chi connectivity index (χ4v) is 4.67. The van der Waals surface area contributed by atoms with Crippen molar-refractivity contribution in [2.24, 2.45) is 0 Å². The highest BCUT2D eigenvalue weighted by atomic mass is 16.5. The van der Waals surface area contributed by atoms with Gasteiger partial charge in [0.1, 0.15) is 11.8 Å². The summed E-state index contributed by atoms with van der Waals surface area (Å²) in [4.78, 5) is 9.97. The van der Waals surface area contributed by atoms with E-state index in [0.717, 1.165) is 77.4 Å². The number of rotatable bonds is 7. The number of ether oxygens (including phenoxy) is 1. The number of pyridine rings is 1. The van der Waals surface area contributed by atoms with Gasteiger partial charge in [-0.2, -0.15) is 5.26 Å². The first-order valence-electron chi connectivity index (χ1n) is 12.2. The first-order valence-corrected chi connectivity index (χ1v) is 12.2. The highest BCUT2D eigenvalue weighted by Crippen LogP contribution is 2.31. The molecule has 0 spiro atoms. The van der Waals surface area contributed by atoms with Crippen LogP contribution in [0, 0.1) is 18.3 Å². The Bertz CT molecular complexity index is 1440. The lowest BCUT2D eigenvalue weighted by Gasteiger charge is -2.27. The van der Waals surface area contributed by atoms with Gasteiger partial charge in [-0.15, -0.1) is 0 Å². The molecule has 2 aromatic carbocycles. The molecule has 0 atom stereocenters. The number of hydrogen-bond donors (Lipinski definition) is 3. The molecule has 2 aromatic heterocycles. The molecule has 36 heavy (non-hydrogen) atoms. The van der Waals surface area contributed by atoms with Gasteiger partial charge in [0.2, 0.25) is 0 Å². The van der Waals surface area contributed by atoms with Crippen LogP contribution in [0.15, 0.2) is 55.0 Å². The minimum Gasteiger partial charge on any atom is -0.496 e. The summed E-state index contributed by atoms with van der Waals surface area (Å²) < 4.78 is 5.71. The molecule has 182 valence electrons. The summed E-state index contributed by atoms with van der Waals surface area (Å²) in [5.41, 5.74) is 7.44. The molecular weight excluding hydrogens is 448 g/mol. The first kappa shape index (κ1) is 23.6. The molecule has 0 saturated carbocycles. The number of nitrogens with zero attached hydrogens (tertiary/aromatic N) is 3. The van der Waals surface area contributed by atoms with E-state index in [0.29, 0.717) is 5.56 Å². The second kappa shape index (κ2) is 10.6. The molecule has 3 heterocycles. The van der Waals surface area contributed by atoms with Crippen molar-refractivity contribution < 1.29 is 4.74 Å². The summed E-state index contributed by atoms with van der Waals surface area (Å²) in [5, 5.41) is 17.8. The third kappa shape index (κ3) is 4.96. The number of benzene rings is 2. The van der Waals surface area contributed by atoms with E-state index >= 15 is 0 Å². The van der Waals surface area contributed by atoms with E-state index in [1.54, 1.807) is 19.5 Å². The Morgan fingerprint density at radius 3 is 2.81 bits per heavy atom. The number of aromatic amines is 1. The van der Waals surface area contributed by atoms with Crippen LogP contribution in [0.25, 0.3) is 23.1 Å². The monoisotopic (exact) mass is 478 g/mol. The normalized spacial score (nSPS) is 14.2. The average Bonchev–Trinajstić information content (AvgIpc) is 3.40. The Balaban J connectivity index is 1.42. The van der Waals surface area contributed by atoms with Crippen LogP contribution in [0.3, 0.4) is 0 Å². The SMILES string of the molecule is COc1cc(C=Cc2cncc(C#N)c2Nc2ccc3[nH]ccc3c2C)ccc1CN1CCNCC1. The zero-order chi connectivity index (χ0) is 24.9. The van der Waals surface area contributed by atoms with Gasteiger partial charge in [-0.25, -0.2) is 0 Å². The molecule has 4 aromatic rings. The second-order valence-electron chi connectivity index (χ2n) is 9.00. The molecule has 0 aliphatic carbocycles. The van der Waals surface area contributed by atoms with Gasteiger partial charge >= 0.3 is 0 Å². The number of hydrogen-bond acceptors (Lipinski definition) is 6. The van der Waals surface area contributed by atoms with Crippen LogP contribution in [0.4, 0.5) is 11.4 Å². The van der Waals surface area contributed by atoms with Crippen LogP contribution in [-0.4, -0.2) is 48.2 Å². The minimum atomic E-state index is 0.495. The lowest BCUT2D eigenvalue weighted by Crippen LogP contribution is -2.42. The molecule has 0 amide bonds. The Morgan fingerprint density at radius 1 is 1.14 bits per heavy atom. The standard InChI is InChI=1S/C29H30N6O/c1-20-25-9-10-33-27(25)8-7-26(20)34-29-22(17-32-18-24(29)16-30)5-3-21-4-6-23(28(15-21)36-2)19-35-13-11-31-12-14-35/h3-10,15,17-18,31,33H,11-14,19H2,1-2H3,(H,32,34). The van der Waals surface area contributed by atoms with Gasteiger partial charge in [0, 0.05) is 79.0 Å². The van der Waals surface area contributed by atoms with E-state index in [1.165, 1.54) is 5.56 Å². The highest BCUT2D eigenvalue weighted by molar-refractivity contribution is 5.90. The number of aryl methyl sites for hydroxylation is 1. The van der Waals surface area contributed by atoms with Gasteiger partial charge in [-0.05, 0) is 42.3 Å². The number of fused-ring (bicyclic) bond motifs is 1. The van der Waals surface area contributed by atoms with Crippen LogP contribution >= 0.6 is 0 Å². The lowest BCUT2D eigenvalue weighted by atomic mass is 10.1. The van der Waals surface area contributed by atoms with Gasteiger partial charge in [-0.1, -0.05) is 24.3 Å². The van der Waals surface area contributed by atoms with Crippen LogP contribution in [0.5, 0.6) is 5.75 Å². The molecule has 0 radical (unpaired) electrons. The molecule has 3 N–H and O–H groups in total. The zero-order valence-electron chi connectivity index (χ0n) is 20.6. The molecule has 1 fully saturated rings. The number of nitrogens with one attached hydrogen (secondary N) is 3. The van der Waals surface area contributed by atoms with E-state index < -0.39 is 0 Å². The molecule has 0 unspecified atom stereocenters. The number of methoxy groups -OCH3 is 1. The summed E-state index contributed by atoms with van der Waals surface area (Å²) in [5.74, 6) is 0.883. The molecule has 0 bridgehead atoms. The van der Waals surface area contributed by atoms with Crippen molar-refractivity contribution in [3.8, 4) is 11.8 Å². The van der Waals surface area contributed by atoms with E-state index in [1.807, 2.05) is 30.5 Å². The summed E-state index contributed by atoms with van der Waals surface area (Å²) in [6.07, 6.45) is 9.33. The minimum absolute atomic E-state index is 0.495. The maximum Gasteiger partial charge on any atom is 0.123 e. The largest absolute Gasteiger partial charge is 0.496 e. The van der Waals surface area contributed by atoms with Crippen LogP contribution in [0.2, 0.25) is 0 Å². The Labute approximate surface area is 211 Å². The van der Waals surface area contributed by atoms with Gasteiger partial charge < -0.3 is 20.4 Å². The van der Waals surface area contributed by atoms with Gasteiger partial charge in [0.25, 0.3) is 0 Å². The number of aromatic nitrogens is 2. The van der Waals surface area contributed by atoms with Crippen molar-refractivity contribution in [2.45, 2.75) is 13.5 Å². The summed E-state index contributed by atoms with van der Waals surface area (Å²) in [7, 11) is 1.72. The fraction of sp³-hybridized carbons (Fsp3) is 0.241. The molecular formula is C29H30N6O. The van der Waals surface area contributed by atoms with Crippen molar-refractivity contribution in [3.05, 3.63) is 82.8 Å². The zero-order valence-corrected chi connectivity index (χ0v) is 20.6. The van der Waals surface area contributed by atoms with E-state index in [-0.39, 0.29) is 0 Å². The highest BCUT2D eigenvalue weighted by Gasteiger charge is 2.14.